The molecule has 0 radical (unpaired) electrons. The zero-order chi connectivity index (χ0) is 8.15. The van der Waals surface area contributed by atoms with Gasteiger partial charge in [-0.15, -0.1) is 0 Å². The molecule has 0 amide bonds. The van der Waals surface area contributed by atoms with Gasteiger partial charge in [-0.05, 0) is 6.92 Å². The Morgan fingerprint density at radius 1 is 1.50 bits per heavy atom. The van der Waals surface area contributed by atoms with Crippen LogP contribution in [0.15, 0.2) is 0 Å². The quantitative estimate of drug-likeness (QED) is 0.542. The van der Waals surface area contributed by atoms with Crippen LogP contribution in [0, 0.1) is 0 Å². The molecule has 0 aliphatic rings. The first-order valence-corrected chi connectivity index (χ1v) is 3.14. The summed E-state index contributed by atoms with van der Waals surface area (Å²) < 4.78 is 4.80. The van der Waals surface area contributed by atoms with Crippen molar-refractivity contribution in [3.05, 3.63) is 0 Å². The van der Waals surface area contributed by atoms with Gasteiger partial charge in [-0.2, -0.15) is 0 Å². The van der Waals surface area contributed by atoms with E-state index in [9.17, 15) is 9.59 Å². The fourth-order valence-electron chi connectivity index (χ4n) is 0.488. The number of hydrogen-bond donors (Lipinski definition) is 0. The van der Waals surface area contributed by atoms with Crippen LogP contribution in [-0.2, 0) is 14.3 Å². The summed E-state index contributed by atoms with van der Waals surface area (Å²) in [4.78, 5) is 21.1. The first-order valence-electron chi connectivity index (χ1n) is 3.14. The number of rotatable bonds is 4. The van der Waals surface area contributed by atoms with E-state index in [2.05, 4.69) is 0 Å². The number of hydrogen-bond acceptors (Lipinski definition) is 3. The van der Waals surface area contributed by atoms with Crippen molar-refractivity contribution in [2.24, 2.45) is 0 Å². The highest BCUT2D eigenvalue weighted by molar-refractivity contribution is 6.36. The molecular weight excluding hydrogens is 132 g/mol. The largest absolute Gasteiger partial charge is 0.381 e. The predicted molar refractivity (Wildman–Crippen MR) is 36.8 cm³/mol. The summed E-state index contributed by atoms with van der Waals surface area (Å²) in [6, 6.07) is 0. The van der Waals surface area contributed by atoms with Crippen molar-refractivity contribution in [2.75, 3.05) is 7.11 Å². The second-order valence-corrected chi connectivity index (χ2v) is 2.23. The summed E-state index contributed by atoms with van der Waals surface area (Å²) in [5.74, 6) is -0.766. The highest BCUT2D eigenvalue weighted by Gasteiger charge is 2.11. The summed E-state index contributed by atoms with van der Waals surface area (Å²) in [6.45, 7) is 3.02. The van der Waals surface area contributed by atoms with E-state index in [-0.39, 0.29) is 18.3 Å². The summed E-state index contributed by atoms with van der Waals surface area (Å²) in [5.41, 5.74) is 0. The van der Waals surface area contributed by atoms with Gasteiger partial charge in [0.2, 0.25) is 5.78 Å². The SMILES string of the molecule is COC(C)CC(=O)C(C)=O. The Morgan fingerprint density at radius 3 is 2.30 bits per heavy atom. The highest BCUT2D eigenvalue weighted by Crippen LogP contribution is 1.96. The number of Topliss-reactive ketones (excluding diaryl/α,β-unsaturated/α-hetero) is 2. The van der Waals surface area contributed by atoms with E-state index in [4.69, 9.17) is 4.74 Å². The lowest BCUT2D eigenvalue weighted by Gasteiger charge is -2.05. The average molecular weight is 144 g/mol. The van der Waals surface area contributed by atoms with Crippen molar-refractivity contribution in [2.45, 2.75) is 26.4 Å². The fourth-order valence-corrected chi connectivity index (χ4v) is 0.488. The third-order valence-electron chi connectivity index (χ3n) is 1.27. The second-order valence-electron chi connectivity index (χ2n) is 2.23. The molecule has 0 saturated heterocycles. The molecule has 0 fully saturated rings. The molecular formula is C7H12O3. The van der Waals surface area contributed by atoms with Gasteiger partial charge in [-0.25, -0.2) is 0 Å². The highest BCUT2D eigenvalue weighted by atomic mass is 16.5. The zero-order valence-corrected chi connectivity index (χ0v) is 6.51. The fraction of sp³-hybridized carbons (Fsp3) is 0.714. The normalized spacial score (nSPS) is 12.7. The van der Waals surface area contributed by atoms with Crippen molar-refractivity contribution < 1.29 is 14.3 Å². The Hall–Kier alpha value is -0.700. The number of carbonyl (C=O) groups is 2. The topological polar surface area (TPSA) is 43.4 Å². The molecule has 0 aliphatic heterocycles. The van der Waals surface area contributed by atoms with Crippen molar-refractivity contribution in [3.63, 3.8) is 0 Å². The van der Waals surface area contributed by atoms with Crippen LogP contribution in [-0.4, -0.2) is 24.8 Å². The van der Waals surface area contributed by atoms with Gasteiger partial charge in [0.05, 0.1) is 6.10 Å². The zero-order valence-electron chi connectivity index (χ0n) is 6.51. The first-order chi connectivity index (χ1) is 4.57. The molecule has 0 heterocycles. The Bertz CT molecular complexity index is 140. The maximum Gasteiger partial charge on any atom is 0.200 e. The van der Waals surface area contributed by atoms with Crippen molar-refractivity contribution in [1.82, 2.24) is 0 Å². The van der Waals surface area contributed by atoms with Crippen molar-refractivity contribution in [3.8, 4) is 0 Å². The molecule has 3 heteroatoms. The number of carbonyl (C=O) groups excluding carboxylic acids is 2. The Labute approximate surface area is 60.4 Å². The standard InChI is InChI=1S/C7H12O3/c1-5(10-3)4-7(9)6(2)8/h5H,4H2,1-3H3. The second kappa shape index (κ2) is 4.17. The van der Waals surface area contributed by atoms with Crippen LogP contribution in [0.3, 0.4) is 0 Å². The van der Waals surface area contributed by atoms with Gasteiger partial charge in [0.1, 0.15) is 0 Å². The van der Waals surface area contributed by atoms with Crippen LogP contribution in [0.4, 0.5) is 0 Å². The van der Waals surface area contributed by atoms with Gasteiger partial charge < -0.3 is 4.74 Å². The molecule has 0 aliphatic carbocycles. The minimum Gasteiger partial charge on any atom is -0.381 e. The molecule has 0 aromatic heterocycles. The molecule has 0 saturated carbocycles. The van der Waals surface area contributed by atoms with E-state index in [0.29, 0.717) is 0 Å². The third kappa shape index (κ3) is 3.35. The van der Waals surface area contributed by atoms with Crippen molar-refractivity contribution in [1.29, 1.82) is 0 Å². The number of methoxy groups -OCH3 is 1. The molecule has 0 aromatic rings. The lowest BCUT2D eigenvalue weighted by atomic mass is 10.1. The molecule has 3 nitrogen and oxygen atoms in total. The number of ketones is 2. The smallest absolute Gasteiger partial charge is 0.200 e. The van der Waals surface area contributed by atoms with E-state index >= 15 is 0 Å². The summed E-state index contributed by atoms with van der Waals surface area (Å²) in [5, 5.41) is 0. The van der Waals surface area contributed by atoms with Gasteiger partial charge in [0.15, 0.2) is 5.78 Å². The molecule has 0 N–H and O–H groups in total. The lowest BCUT2D eigenvalue weighted by molar-refractivity contribution is -0.136. The molecule has 10 heavy (non-hydrogen) atoms. The van der Waals surface area contributed by atoms with Gasteiger partial charge in [0.25, 0.3) is 0 Å². The van der Waals surface area contributed by atoms with Gasteiger partial charge in [-0.1, -0.05) is 0 Å². The predicted octanol–water partition coefficient (Wildman–Crippen LogP) is 0.570. The van der Waals surface area contributed by atoms with Gasteiger partial charge >= 0.3 is 0 Å². The molecule has 0 aromatic carbocycles. The lowest BCUT2D eigenvalue weighted by Crippen LogP contribution is -2.17. The third-order valence-corrected chi connectivity index (χ3v) is 1.27. The van der Waals surface area contributed by atoms with Gasteiger partial charge in [-0.3, -0.25) is 9.59 Å². The molecule has 0 bridgehead atoms. The van der Waals surface area contributed by atoms with Crippen LogP contribution in [0.2, 0.25) is 0 Å². The minimum absolute atomic E-state index is 0.156. The van der Waals surface area contributed by atoms with E-state index < -0.39 is 5.78 Å². The molecule has 58 valence electrons. The number of ether oxygens (including phenoxy) is 1. The molecule has 1 atom stereocenters. The van der Waals surface area contributed by atoms with Crippen LogP contribution in [0.1, 0.15) is 20.3 Å². The molecule has 0 spiro atoms. The molecule has 0 rings (SSSR count). The van der Waals surface area contributed by atoms with Crippen LogP contribution < -0.4 is 0 Å². The molecule has 1 unspecified atom stereocenters. The monoisotopic (exact) mass is 144 g/mol. The minimum atomic E-state index is -0.399. The van der Waals surface area contributed by atoms with Crippen molar-refractivity contribution >= 4 is 11.6 Å². The average Bonchev–Trinajstić information content (AvgIpc) is 1.87. The van der Waals surface area contributed by atoms with Crippen LogP contribution >= 0.6 is 0 Å². The Balaban J connectivity index is 3.68. The van der Waals surface area contributed by atoms with Crippen LogP contribution in [0.5, 0.6) is 0 Å². The van der Waals surface area contributed by atoms with Gasteiger partial charge in [0, 0.05) is 20.5 Å². The van der Waals surface area contributed by atoms with E-state index in [1.807, 2.05) is 0 Å². The Kier molecular flexibility index (Phi) is 3.88. The van der Waals surface area contributed by atoms with E-state index in [1.54, 1.807) is 6.92 Å². The van der Waals surface area contributed by atoms with E-state index in [1.165, 1.54) is 14.0 Å². The summed E-state index contributed by atoms with van der Waals surface area (Å²) >= 11 is 0. The van der Waals surface area contributed by atoms with Crippen LogP contribution in [0.25, 0.3) is 0 Å². The van der Waals surface area contributed by atoms with E-state index in [0.717, 1.165) is 0 Å². The summed E-state index contributed by atoms with van der Waals surface area (Å²) in [6.07, 6.45) is 0.0302. The summed E-state index contributed by atoms with van der Waals surface area (Å²) in [7, 11) is 1.51. The maximum atomic E-state index is 10.7. The first kappa shape index (κ1) is 9.30. The Morgan fingerprint density at radius 2 is 2.00 bits per heavy atom. The maximum absolute atomic E-state index is 10.7.